The van der Waals surface area contributed by atoms with Gasteiger partial charge in [0.05, 0.1) is 0 Å². The van der Waals surface area contributed by atoms with Crippen molar-refractivity contribution in [2.45, 2.75) is 32.6 Å². The Morgan fingerprint density at radius 3 is 3.08 bits per heavy atom. The Kier molecular flexibility index (Phi) is 3.95. The molecule has 1 rings (SSSR count). The fourth-order valence-electron chi connectivity index (χ4n) is 0.945. The third-order valence-electron chi connectivity index (χ3n) is 1.61. The third kappa shape index (κ3) is 3.68. The molecule has 0 aliphatic carbocycles. The molecular formula is C8H13N3O2. The van der Waals surface area contributed by atoms with Crippen LogP contribution in [0.2, 0.25) is 0 Å². The molecule has 5 heteroatoms. The molecule has 1 amide bonds. The summed E-state index contributed by atoms with van der Waals surface area (Å²) in [5.41, 5.74) is 0. The van der Waals surface area contributed by atoms with Crippen LogP contribution in [0.25, 0.3) is 0 Å². The summed E-state index contributed by atoms with van der Waals surface area (Å²) < 4.78 is 4.76. The standard InChI is InChI=1S/C8H13N3O2/c1-2-3-4-5-7(12)10-8-11-9-6-13-8/h6H,2-5H2,1H3,(H,10,11,12). The molecule has 0 bridgehead atoms. The van der Waals surface area contributed by atoms with Crippen LogP contribution in [0, 0.1) is 0 Å². The Hall–Kier alpha value is -1.39. The number of nitrogens with zero attached hydrogens (tertiary/aromatic N) is 2. The van der Waals surface area contributed by atoms with E-state index in [0.29, 0.717) is 6.42 Å². The molecule has 0 aliphatic heterocycles. The van der Waals surface area contributed by atoms with E-state index in [9.17, 15) is 4.79 Å². The maximum atomic E-state index is 11.1. The van der Waals surface area contributed by atoms with Crippen molar-refractivity contribution >= 4 is 11.9 Å². The van der Waals surface area contributed by atoms with E-state index in [-0.39, 0.29) is 11.9 Å². The highest BCUT2D eigenvalue weighted by Crippen LogP contribution is 2.03. The molecule has 1 heterocycles. The molecule has 0 saturated carbocycles. The number of unbranched alkanes of at least 4 members (excludes halogenated alkanes) is 2. The van der Waals surface area contributed by atoms with Crippen molar-refractivity contribution in [3.63, 3.8) is 0 Å². The predicted molar refractivity (Wildman–Crippen MR) is 47.1 cm³/mol. The number of rotatable bonds is 5. The first-order chi connectivity index (χ1) is 6.33. The lowest BCUT2D eigenvalue weighted by molar-refractivity contribution is -0.116. The number of hydrogen-bond donors (Lipinski definition) is 1. The normalized spacial score (nSPS) is 9.92. The minimum Gasteiger partial charge on any atom is -0.411 e. The fourth-order valence-corrected chi connectivity index (χ4v) is 0.945. The molecule has 0 spiro atoms. The number of carbonyl (C=O) groups is 1. The molecule has 72 valence electrons. The Bertz CT molecular complexity index is 246. The Morgan fingerprint density at radius 2 is 2.46 bits per heavy atom. The molecule has 13 heavy (non-hydrogen) atoms. The number of amides is 1. The quantitative estimate of drug-likeness (QED) is 0.704. The first kappa shape index (κ1) is 9.70. The fraction of sp³-hybridized carbons (Fsp3) is 0.625. The number of anilines is 1. The van der Waals surface area contributed by atoms with Crippen molar-refractivity contribution in [1.29, 1.82) is 0 Å². The summed E-state index contributed by atoms with van der Waals surface area (Å²) >= 11 is 0. The molecule has 1 aromatic heterocycles. The highest BCUT2D eigenvalue weighted by Gasteiger charge is 2.04. The minimum atomic E-state index is -0.0716. The maximum Gasteiger partial charge on any atom is 0.322 e. The maximum absolute atomic E-state index is 11.1. The molecule has 0 aromatic carbocycles. The Morgan fingerprint density at radius 1 is 1.62 bits per heavy atom. The van der Waals surface area contributed by atoms with E-state index in [1.807, 2.05) is 0 Å². The van der Waals surface area contributed by atoms with Gasteiger partial charge in [-0.25, -0.2) is 0 Å². The lowest BCUT2D eigenvalue weighted by atomic mass is 10.2. The number of nitrogens with one attached hydrogen (secondary N) is 1. The molecule has 0 saturated heterocycles. The van der Waals surface area contributed by atoms with Gasteiger partial charge < -0.3 is 4.42 Å². The van der Waals surface area contributed by atoms with E-state index in [1.165, 1.54) is 6.39 Å². The zero-order valence-electron chi connectivity index (χ0n) is 7.62. The van der Waals surface area contributed by atoms with Crippen LogP contribution in [-0.2, 0) is 4.79 Å². The van der Waals surface area contributed by atoms with Gasteiger partial charge in [0.2, 0.25) is 12.3 Å². The van der Waals surface area contributed by atoms with Gasteiger partial charge in [0.1, 0.15) is 0 Å². The number of aromatic nitrogens is 2. The van der Waals surface area contributed by atoms with Gasteiger partial charge >= 0.3 is 6.01 Å². The van der Waals surface area contributed by atoms with Gasteiger partial charge in [-0.15, -0.1) is 5.10 Å². The summed E-state index contributed by atoms with van der Waals surface area (Å²) in [4.78, 5) is 11.1. The van der Waals surface area contributed by atoms with Crippen molar-refractivity contribution in [3.05, 3.63) is 6.39 Å². The van der Waals surface area contributed by atoms with Gasteiger partial charge in [0.25, 0.3) is 0 Å². The van der Waals surface area contributed by atoms with E-state index in [2.05, 4.69) is 22.4 Å². The molecule has 1 aromatic rings. The molecule has 0 fully saturated rings. The summed E-state index contributed by atoms with van der Waals surface area (Å²) in [6.07, 6.45) is 4.76. The van der Waals surface area contributed by atoms with Crippen molar-refractivity contribution in [2.75, 3.05) is 5.32 Å². The van der Waals surface area contributed by atoms with Crippen LogP contribution in [0.1, 0.15) is 32.6 Å². The zero-order valence-corrected chi connectivity index (χ0v) is 7.62. The van der Waals surface area contributed by atoms with E-state index >= 15 is 0 Å². The largest absolute Gasteiger partial charge is 0.411 e. The highest BCUT2D eigenvalue weighted by atomic mass is 16.4. The summed E-state index contributed by atoms with van der Waals surface area (Å²) in [7, 11) is 0. The first-order valence-electron chi connectivity index (χ1n) is 4.39. The molecule has 0 aliphatic rings. The summed E-state index contributed by atoms with van der Waals surface area (Å²) in [6.45, 7) is 2.09. The van der Waals surface area contributed by atoms with Gasteiger partial charge in [0.15, 0.2) is 0 Å². The van der Waals surface area contributed by atoms with Gasteiger partial charge in [-0.2, -0.15) is 0 Å². The molecule has 5 nitrogen and oxygen atoms in total. The number of carbonyl (C=O) groups excluding carboxylic acids is 1. The second-order valence-electron chi connectivity index (χ2n) is 2.75. The molecule has 0 unspecified atom stereocenters. The molecule has 0 atom stereocenters. The third-order valence-corrected chi connectivity index (χ3v) is 1.61. The van der Waals surface area contributed by atoms with Gasteiger partial charge in [-0.3, -0.25) is 10.1 Å². The average Bonchev–Trinajstić information content (AvgIpc) is 2.57. The number of hydrogen-bond acceptors (Lipinski definition) is 4. The van der Waals surface area contributed by atoms with Crippen molar-refractivity contribution in [2.24, 2.45) is 0 Å². The Balaban J connectivity index is 2.18. The molecule has 0 radical (unpaired) electrons. The molecule has 1 N–H and O–H groups in total. The van der Waals surface area contributed by atoms with Crippen LogP contribution in [0.5, 0.6) is 0 Å². The lowest BCUT2D eigenvalue weighted by Gasteiger charge is -1.98. The Labute approximate surface area is 76.5 Å². The SMILES string of the molecule is CCCCCC(=O)Nc1nnco1. The predicted octanol–water partition coefficient (Wildman–Crippen LogP) is 1.59. The van der Waals surface area contributed by atoms with Crippen LogP contribution >= 0.6 is 0 Å². The zero-order chi connectivity index (χ0) is 9.52. The topological polar surface area (TPSA) is 68.0 Å². The second-order valence-corrected chi connectivity index (χ2v) is 2.75. The van der Waals surface area contributed by atoms with Crippen LogP contribution in [0.3, 0.4) is 0 Å². The lowest BCUT2D eigenvalue weighted by Crippen LogP contribution is -2.11. The van der Waals surface area contributed by atoms with Crippen molar-refractivity contribution in [1.82, 2.24) is 10.2 Å². The van der Waals surface area contributed by atoms with Crippen LogP contribution in [0.15, 0.2) is 10.8 Å². The average molecular weight is 183 g/mol. The summed E-state index contributed by atoms with van der Waals surface area (Å²) in [5.74, 6) is -0.0716. The highest BCUT2D eigenvalue weighted by molar-refractivity contribution is 5.88. The van der Waals surface area contributed by atoms with E-state index in [0.717, 1.165) is 19.3 Å². The van der Waals surface area contributed by atoms with E-state index in [4.69, 9.17) is 4.42 Å². The second kappa shape index (κ2) is 5.29. The van der Waals surface area contributed by atoms with E-state index in [1.54, 1.807) is 0 Å². The van der Waals surface area contributed by atoms with E-state index < -0.39 is 0 Å². The first-order valence-corrected chi connectivity index (χ1v) is 4.39. The monoisotopic (exact) mass is 183 g/mol. The minimum absolute atomic E-state index is 0.0716. The van der Waals surface area contributed by atoms with Gasteiger partial charge in [-0.05, 0) is 6.42 Å². The van der Waals surface area contributed by atoms with Crippen LogP contribution in [0.4, 0.5) is 6.01 Å². The summed E-state index contributed by atoms with van der Waals surface area (Å²) in [5, 5.41) is 9.48. The van der Waals surface area contributed by atoms with Crippen LogP contribution in [-0.4, -0.2) is 16.1 Å². The smallest absolute Gasteiger partial charge is 0.322 e. The van der Waals surface area contributed by atoms with Gasteiger partial charge in [-0.1, -0.05) is 24.9 Å². The van der Waals surface area contributed by atoms with Crippen LogP contribution < -0.4 is 5.32 Å². The summed E-state index contributed by atoms with van der Waals surface area (Å²) in [6, 6.07) is 0.168. The van der Waals surface area contributed by atoms with Gasteiger partial charge in [0, 0.05) is 6.42 Å². The molecular weight excluding hydrogens is 170 g/mol. The van der Waals surface area contributed by atoms with Crippen molar-refractivity contribution < 1.29 is 9.21 Å². The van der Waals surface area contributed by atoms with Crippen molar-refractivity contribution in [3.8, 4) is 0 Å².